The smallest absolute Gasteiger partial charge is 0.277 e. The lowest BCUT2D eigenvalue weighted by molar-refractivity contribution is -0.138. The number of nitrogens with one attached hydrogen (secondary N) is 1. The molecule has 1 aliphatic rings. The van der Waals surface area contributed by atoms with E-state index in [1.54, 1.807) is 0 Å². The van der Waals surface area contributed by atoms with E-state index in [0.717, 1.165) is 17.0 Å². The Bertz CT molecular complexity index is 546. The van der Waals surface area contributed by atoms with Crippen molar-refractivity contribution in [1.29, 1.82) is 0 Å². The molecule has 5 nitrogen and oxygen atoms in total. The van der Waals surface area contributed by atoms with Gasteiger partial charge in [-0.1, -0.05) is 12.1 Å². The van der Waals surface area contributed by atoms with Gasteiger partial charge in [-0.25, -0.2) is 4.79 Å². The molecule has 0 atom stereocenters. The van der Waals surface area contributed by atoms with Gasteiger partial charge in [0.05, 0.1) is 12.1 Å². The van der Waals surface area contributed by atoms with Crippen molar-refractivity contribution in [2.45, 2.75) is 19.1 Å². The summed E-state index contributed by atoms with van der Waals surface area (Å²) in [5.41, 5.74) is -0.457. The number of imide groups is 2. The summed E-state index contributed by atoms with van der Waals surface area (Å²) < 4.78 is 37.1. The lowest BCUT2D eigenvalue weighted by Gasteiger charge is -2.24. The summed E-state index contributed by atoms with van der Waals surface area (Å²) in [5.74, 6) is -1.37. The largest absolute Gasteiger partial charge is 0.416 e. The van der Waals surface area contributed by atoms with Gasteiger partial charge in [0, 0.05) is 0 Å². The van der Waals surface area contributed by atoms with Crippen LogP contribution >= 0.6 is 0 Å². The van der Waals surface area contributed by atoms with E-state index >= 15 is 0 Å². The van der Waals surface area contributed by atoms with E-state index in [4.69, 9.17) is 0 Å². The number of carbonyl (C=O) groups excluding carboxylic acids is 3. The van der Waals surface area contributed by atoms with Gasteiger partial charge in [0.1, 0.15) is 6.42 Å². The molecule has 1 heterocycles. The topological polar surface area (TPSA) is 66.5 Å². The summed E-state index contributed by atoms with van der Waals surface area (Å²) in [5, 5.41) is 1.96. The first kappa shape index (κ1) is 14.0. The van der Waals surface area contributed by atoms with E-state index < -0.39 is 36.0 Å². The Labute approximate surface area is 111 Å². The minimum Gasteiger partial charge on any atom is -0.277 e. The molecule has 0 saturated carbocycles. The maximum absolute atomic E-state index is 12.4. The van der Waals surface area contributed by atoms with Crippen LogP contribution in [0, 0.1) is 0 Å². The Morgan fingerprint density at radius 1 is 1.10 bits per heavy atom. The average Bonchev–Trinajstić information content (AvgIpc) is 2.33. The Hall–Kier alpha value is -2.38. The van der Waals surface area contributed by atoms with Crippen LogP contribution < -0.4 is 5.32 Å². The van der Waals surface area contributed by atoms with Crippen molar-refractivity contribution in [2.75, 3.05) is 0 Å². The first-order valence-electron chi connectivity index (χ1n) is 5.57. The lowest BCUT2D eigenvalue weighted by Crippen LogP contribution is -2.52. The van der Waals surface area contributed by atoms with Crippen LogP contribution in [0.4, 0.5) is 18.0 Å². The van der Waals surface area contributed by atoms with Crippen molar-refractivity contribution in [2.24, 2.45) is 0 Å². The number of carbonyl (C=O) groups is 3. The second-order valence-electron chi connectivity index (χ2n) is 4.20. The van der Waals surface area contributed by atoms with Crippen LogP contribution in [0.25, 0.3) is 0 Å². The maximum Gasteiger partial charge on any atom is 0.416 e. The van der Waals surface area contributed by atoms with E-state index in [1.807, 2.05) is 5.32 Å². The number of benzene rings is 1. The normalized spacial score (nSPS) is 16.4. The fourth-order valence-corrected chi connectivity index (χ4v) is 1.72. The Balaban J connectivity index is 2.12. The zero-order valence-corrected chi connectivity index (χ0v) is 10.0. The van der Waals surface area contributed by atoms with Gasteiger partial charge in [0.15, 0.2) is 0 Å². The highest BCUT2D eigenvalue weighted by Crippen LogP contribution is 2.29. The first-order valence-corrected chi connectivity index (χ1v) is 5.57. The van der Waals surface area contributed by atoms with Crippen molar-refractivity contribution in [3.05, 3.63) is 35.4 Å². The molecule has 1 aliphatic heterocycles. The quantitative estimate of drug-likeness (QED) is 0.841. The van der Waals surface area contributed by atoms with Crippen LogP contribution in [0.3, 0.4) is 0 Å². The number of amides is 4. The molecular weight excluding hydrogens is 277 g/mol. The van der Waals surface area contributed by atoms with Gasteiger partial charge in [-0.15, -0.1) is 0 Å². The number of hydrogen-bond acceptors (Lipinski definition) is 3. The molecular formula is C12H9F3N2O3. The molecule has 4 amide bonds. The van der Waals surface area contributed by atoms with Crippen molar-refractivity contribution in [3.63, 3.8) is 0 Å². The third-order valence-corrected chi connectivity index (χ3v) is 2.73. The van der Waals surface area contributed by atoms with Gasteiger partial charge in [-0.05, 0) is 17.7 Å². The third-order valence-electron chi connectivity index (χ3n) is 2.73. The third kappa shape index (κ3) is 2.95. The Morgan fingerprint density at radius 2 is 1.70 bits per heavy atom. The summed E-state index contributed by atoms with van der Waals surface area (Å²) in [4.78, 5) is 34.7. The van der Waals surface area contributed by atoms with Gasteiger partial charge in [-0.2, -0.15) is 13.2 Å². The molecule has 1 N–H and O–H groups in total. The molecule has 0 radical (unpaired) electrons. The molecule has 20 heavy (non-hydrogen) atoms. The minimum absolute atomic E-state index is 0.184. The summed E-state index contributed by atoms with van der Waals surface area (Å²) in [6, 6.07) is 3.23. The van der Waals surface area contributed by atoms with E-state index in [2.05, 4.69) is 0 Å². The Morgan fingerprint density at radius 3 is 2.20 bits per heavy atom. The summed E-state index contributed by atoms with van der Waals surface area (Å²) in [7, 11) is 0. The predicted molar refractivity (Wildman–Crippen MR) is 60.1 cm³/mol. The fraction of sp³-hybridized carbons (Fsp3) is 0.250. The number of alkyl halides is 3. The number of urea groups is 1. The van der Waals surface area contributed by atoms with Gasteiger partial charge in [-0.3, -0.25) is 19.8 Å². The van der Waals surface area contributed by atoms with Gasteiger partial charge in [0.2, 0.25) is 11.8 Å². The standard InChI is InChI=1S/C12H9F3N2O3/c13-12(14,15)8-3-1-7(2-4-8)6-17-10(19)5-9(18)16-11(17)20/h1-4H,5-6H2,(H,16,18,20). The van der Waals surface area contributed by atoms with E-state index in [-0.39, 0.29) is 6.54 Å². The van der Waals surface area contributed by atoms with E-state index in [1.165, 1.54) is 12.1 Å². The molecule has 1 aromatic carbocycles. The SMILES string of the molecule is O=C1CC(=O)N(Cc2ccc(C(F)(F)F)cc2)C(=O)N1. The predicted octanol–water partition coefficient (Wildman–Crippen LogP) is 1.67. The second kappa shape index (κ2) is 4.95. The summed E-state index contributed by atoms with van der Waals surface area (Å²) in [6.45, 7) is -0.184. The van der Waals surface area contributed by atoms with Gasteiger partial charge in [0.25, 0.3) is 0 Å². The van der Waals surface area contributed by atoms with E-state index in [0.29, 0.717) is 5.56 Å². The highest BCUT2D eigenvalue weighted by molar-refractivity contribution is 6.13. The van der Waals surface area contributed by atoms with Gasteiger partial charge >= 0.3 is 12.2 Å². The summed E-state index contributed by atoms with van der Waals surface area (Å²) >= 11 is 0. The second-order valence-corrected chi connectivity index (χ2v) is 4.20. The van der Waals surface area contributed by atoms with Crippen LogP contribution in [0.1, 0.15) is 17.5 Å². The van der Waals surface area contributed by atoms with Crippen molar-refractivity contribution in [3.8, 4) is 0 Å². The molecule has 0 bridgehead atoms. The van der Waals surface area contributed by atoms with E-state index in [9.17, 15) is 27.6 Å². The van der Waals surface area contributed by atoms with Crippen molar-refractivity contribution >= 4 is 17.8 Å². The molecule has 0 aromatic heterocycles. The Kier molecular flexibility index (Phi) is 3.47. The van der Waals surface area contributed by atoms with Crippen LogP contribution in [0.2, 0.25) is 0 Å². The summed E-state index contributed by atoms with van der Waals surface area (Å²) in [6.07, 6.45) is -4.89. The molecule has 0 spiro atoms. The van der Waals surface area contributed by atoms with Crippen LogP contribution in [-0.2, 0) is 22.3 Å². The number of barbiturate groups is 1. The molecule has 0 aliphatic carbocycles. The monoisotopic (exact) mass is 286 g/mol. The van der Waals surface area contributed by atoms with Crippen LogP contribution in [-0.4, -0.2) is 22.7 Å². The maximum atomic E-state index is 12.4. The average molecular weight is 286 g/mol. The number of rotatable bonds is 2. The number of hydrogen-bond donors (Lipinski definition) is 1. The first-order chi connectivity index (χ1) is 9.27. The van der Waals surface area contributed by atoms with Crippen LogP contribution in [0.15, 0.2) is 24.3 Å². The zero-order valence-electron chi connectivity index (χ0n) is 10.0. The highest BCUT2D eigenvalue weighted by Gasteiger charge is 2.32. The molecule has 106 valence electrons. The van der Waals surface area contributed by atoms with Crippen molar-refractivity contribution in [1.82, 2.24) is 10.2 Å². The number of halogens is 3. The van der Waals surface area contributed by atoms with Crippen molar-refractivity contribution < 1.29 is 27.6 Å². The molecule has 1 saturated heterocycles. The molecule has 1 aromatic rings. The zero-order chi connectivity index (χ0) is 14.9. The lowest BCUT2D eigenvalue weighted by atomic mass is 10.1. The minimum atomic E-state index is -4.44. The van der Waals surface area contributed by atoms with Crippen LogP contribution in [0.5, 0.6) is 0 Å². The molecule has 2 rings (SSSR count). The molecule has 0 unspecified atom stereocenters. The highest BCUT2D eigenvalue weighted by atomic mass is 19.4. The fourth-order valence-electron chi connectivity index (χ4n) is 1.72. The molecule has 1 fully saturated rings. The molecule has 8 heteroatoms. The number of nitrogens with zero attached hydrogens (tertiary/aromatic N) is 1. The van der Waals surface area contributed by atoms with Gasteiger partial charge < -0.3 is 0 Å².